The summed E-state index contributed by atoms with van der Waals surface area (Å²) < 4.78 is 5.72. The van der Waals surface area contributed by atoms with Gasteiger partial charge in [0.05, 0.1) is 5.02 Å². The summed E-state index contributed by atoms with van der Waals surface area (Å²) in [5.74, 6) is 0.711. The predicted octanol–water partition coefficient (Wildman–Crippen LogP) is 4.98. The van der Waals surface area contributed by atoms with Crippen molar-refractivity contribution in [1.82, 2.24) is 4.98 Å². The molecule has 0 spiro atoms. The van der Waals surface area contributed by atoms with E-state index in [1.165, 1.54) is 5.56 Å². The fraction of sp³-hybridized carbons (Fsp3) is 0.400. The Kier molecular flexibility index (Phi) is 4.16. The van der Waals surface area contributed by atoms with Crippen LogP contribution < -0.4 is 4.74 Å². The van der Waals surface area contributed by atoms with E-state index < -0.39 is 0 Å². The Hall–Kier alpha value is -1.06. The van der Waals surface area contributed by atoms with Crippen molar-refractivity contribution in [2.24, 2.45) is 0 Å². The van der Waals surface area contributed by atoms with Crippen molar-refractivity contribution in [2.75, 3.05) is 0 Å². The zero-order valence-electron chi connectivity index (χ0n) is 11.7. The molecular formula is C15H18ClNOS. The maximum Gasteiger partial charge on any atom is 0.140 e. The average Bonchev–Trinajstić information content (AvgIpc) is 2.72. The largest absolute Gasteiger partial charge is 0.485 e. The van der Waals surface area contributed by atoms with Gasteiger partial charge >= 0.3 is 0 Å². The van der Waals surface area contributed by atoms with Crippen LogP contribution in [0.25, 0.3) is 0 Å². The van der Waals surface area contributed by atoms with Gasteiger partial charge in [0.1, 0.15) is 17.4 Å². The Bertz CT molecular complexity index is 572. The number of nitrogens with zero attached hydrogens (tertiary/aromatic N) is 1. The lowest BCUT2D eigenvalue weighted by molar-refractivity contribution is 0.305. The molecule has 0 amide bonds. The lowest BCUT2D eigenvalue weighted by Crippen LogP contribution is -2.10. The number of halogens is 1. The van der Waals surface area contributed by atoms with Crippen LogP contribution in [0.2, 0.25) is 5.02 Å². The van der Waals surface area contributed by atoms with Crippen LogP contribution in [0.15, 0.2) is 23.6 Å². The van der Waals surface area contributed by atoms with E-state index in [-0.39, 0.29) is 5.41 Å². The molecule has 0 atom stereocenters. The summed E-state index contributed by atoms with van der Waals surface area (Å²) in [7, 11) is 0. The third kappa shape index (κ3) is 3.71. The van der Waals surface area contributed by atoms with Gasteiger partial charge in [-0.25, -0.2) is 4.98 Å². The quantitative estimate of drug-likeness (QED) is 0.796. The summed E-state index contributed by atoms with van der Waals surface area (Å²) >= 11 is 7.87. The molecule has 0 bridgehead atoms. The molecule has 19 heavy (non-hydrogen) atoms. The van der Waals surface area contributed by atoms with Crippen molar-refractivity contribution in [2.45, 2.75) is 39.7 Å². The van der Waals surface area contributed by atoms with Crippen molar-refractivity contribution in [3.05, 3.63) is 44.9 Å². The number of hydrogen-bond acceptors (Lipinski definition) is 3. The van der Waals surface area contributed by atoms with Gasteiger partial charge in [0, 0.05) is 11.1 Å². The highest BCUT2D eigenvalue weighted by Gasteiger charge is 2.15. The van der Waals surface area contributed by atoms with Crippen LogP contribution in [0.1, 0.15) is 37.0 Å². The van der Waals surface area contributed by atoms with Crippen molar-refractivity contribution in [3.8, 4) is 5.75 Å². The minimum atomic E-state index is 0.0919. The number of rotatable bonds is 3. The van der Waals surface area contributed by atoms with Gasteiger partial charge in [0.2, 0.25) is 0 Å². The Morgan fingerprint density at radius 1 is 1.32 bits per heavy atom. The number of aryl methyl sites for hydroxylation is 1. The molecule has 0 fully saturated rings. The van der Waals surface area contributed by atoms with Crippen LogP contribution in [0.5, 0.6) is 5.75 Å². The van der Waals surface area contributed by atoms with Gasteiger partial charge in [0.15, 0.2) is 0 Å². The van der Waals surface area contributed by atoms with Gasteiger partial charge in [-0.3, -0.25) is 0 Å². The van der Waals surface area contributed by atoms with E-state index >= 15 is 0 Å². The van der Waals surface area contributed by atoms with E-state index in [4.69, 9.17) is 16.3 Å². The Labute approximate surface area is 123 Å². The monoisotopic (exact) mass is 295 g/mol. The van der Waals surface area contributed by atoms with Crippen LogP contribution in [-0.4, -0.2) is 4.98 Å². The highest BCUT2D eigenvalue weighted by Crippen LogP contribution is 2.31. The van der Waals surface area contributed by atoms with E-state index in [2.05, 4.69) is 31.8 Å². The molecule has 4 heteroatoms. The Morgan fingerprint density at radius 3 is 2.58 bits per heavy atom. The minimum absolute atomic E-state index is 0.0919. The van der Waals surface area contributed by atoms with E-state index in [0.717, 1.165) is 10.7 Å². The SMILES string of the molecule is Cc1csc(COc2ccc(C(C)(C)C)cc2Cl)n1. The minimum Gasteiger partial charge on any atom is -0.485 e. The first-order valence-electron chi connectivity index (χ1n) is 6.20. The fourth-order valence-electron chi connectivity index (χ4n) is 1.69. The highest BCUT2D eigenvalue weighted by molar-refractivity contribution is 7.09. The molecule has 0 unspecified atom stereocenters. The first-order valence-corrected chi connectivity index (χ1v) is 7.46. The molecule has 0 saturated carbocycles. The van der Waals surface area contributed by atoms with E-state index in [0.29, 0.717) is 17.4 Å². The maximum absolute atomic E-state index is 6.26. The molecule has 1 aromatic heterocycles. The van der Waals surface area contributed by atoms with Crippen LogP contribution in [0.4, 0.5) is 0 Å². The van der Waals surface area contributed by atoms with Gasteiger partial charge in [-0.1, -0.05) is 38.4 Å². The second kappa shape index (κ2) is 5.51. The molecule has 0 saturated heterocycles. The van der Waals surface area contributed by atoms with E-state index in [9.17, 15) is 0 Å². The van der Waals surface area contributed by atoms with Crippen molar-refractivity contribution in [3.63, 3.8) is 0 Å². The zero-order chi connectivity index (χ0) is 14.0. The zero-order valence-corrected chi connectivity index (χ0v) is 13.2. The molecular weight excluding hydrogens is 278 g/mol. The molecule has 0 aliphatic heterocycles. The lowest BCUT2D eigenvalue weighted by atomic mass is 9.87. The maximum atomic E-state index is 6.26. The van der Waals surface area contributed by atoms with Crippen LogP contribution in [0, 0.1) is 6.92 Å². The highest BCUT2D eigenvalue weighted by atomic mass is 35.5. The normalized spacial score (nSPS) is 11.6. The van der Waals surface area contributed by atoms with Crippen molar-refractivity contribution >= 4 is 22.9 Å². The van der Waals surface area contributed by atoms with Gasteiger partial charge in [-0.05, 0) is 30.0 Å². The van der Waals surface area contributed by atoms with Crippen LogP contribution in [-0.2, 0) is 12.0 Å². The third-order valence-corrected chi connectivity index (χ3v) is 4.05. The van der Waals surface area contributed by atoms with Crippen LogP contribution >= 0.6 is 22.9 Å². The van der Waals surface area contributed by atoms with Gasteiger partial charge < -0.3 is 4.74 Å². The average molecular weight is 296 g/mol. The second-order valence-electron chi connectivity index (χ2n) is 5.57. The fourth-order valence-corrected chi connectivity index (χ4v) is 2.61. The van der Waals surface area contributed by atoms with Gasteiger partial charge in [-0.2, -0.15) is 0 Å². The molecule has 0 N–H and O–H groups in total. The van der Waals surface area contributed by atoms with E-state index in [1.54, 1.807) is 11.3 Å². The first kappa shape index (κ1) is 14.4. The van der Waals surface area contributed by atoms with Crippen LogP contribution in [0.3, 0.4) is 0 Å². The van der Waals surface area contributed by atoms with Gasteiger partial charge in [0.25, 0.3) is 0 Å². The summed E-state index contributed by atoms with van der Waals surface area (Å²) in [6, 6.07) is 5.97. The molecule has 2 rings (SSSR count). The topological polar surface area (TPSA) is 22.1 Å². The summed E-state index contributed by atoms with van der Waals surface area (Å²) in [5, 5.41) is 3.64. The third-order valence-electron chi connectivity index (χ3n) is 2.82. The lowest BCUT2D eigenvalue weighted by Gasteiger charge is -2.20. The molecule has 0 aliphatic rings. The Morgan fingerprint density at radius 2 is 2.05 bits per heavy atom. The second-order valence-corrected chi connectivity index (χ2v) is 6.92. The standard InChI is InChI=1S/C15H18ClNOS/c1-10-9-19-14(17-10)8-18-13-6-5-11(7-12(13)16)15(2,3)4/h5-7,9H,8H2,1-4H3. The summed E-state index contributed by atoms with van der Waals surface area (Å²) in [6.45, 7) is 8.94. The number of ether oxygens (including phenoxy) is 1. The number of aromatic nitrogens is 1. The molecule has 102 valence electrons. The molecule has 0 radical (unpaired) electrons. The van der Waals surface area contributed by atoms with Gasteiger partial charge in [-0.15, -0.1) is 11.3 Å². The summed E-state index contributed by atoms with van der Waals surface area (Å²) in [5.41, 5.74) is 2.32. The number of hydrogen-bond donors (Lipinski definition) is 0. The number of thiazole rings is 1. The Balaban J connectivity index is 2.09. The smallest absolute Gasteiger partial charge is 0.140 e. The molecule has 1 aromatic carbocycles. The first-order chi connectivity index (χ1) is 8.86. The van der Waals surface area contributed by atoms with Crippen molar-refractivity contribution < 1.29 is 4.74 Å². The van der Waals surface area contributed by atoms with E-state index in [1.807, 2.05) is 24.4 Å². The molecule has 1 heterocycles. The molecule has 2 aromatic rings. The molecule has 2 nitrogen and oxygen atoms in total. The summed E-state index contributed by atoms with van der Waals surface area (Å²) in [4.78, 5) is 4.36. The molecule has 0 aliphatic carbocycles. The predicted molar refractivity (Wildman–Crippen MR) is 81.3 cm³/mol. The number of benzene rings is 1. The van der Waals surface area contributed by atoms with Crippen molar-refractivity contribution in [1.29, 1.82) is 0 Å². The summed E-state index contributed by atoms with van der Waals surface area (Å²) in [6.07, 6.45) is 0.